The lowest BCUT2D eigenvalue weighted by molar-refractivity contribution is 0.221. The molecule has 3 aromatic rings. The van der Waals surface area contributed by atoms with E-state index in [2.05, 4.69) is 35.4 Å². The fourth-order valence-electron chi connectivity index (χ4n) is 4.45. The van der Waals surface area contributed by atoms with Crippen molar-refractivity contribution in [2.75, 3.05) is 26.5 Å². The summed E-state index contributed by atoms with van der Waals surface area (Å²) in [5.41, 5.74) is 3.88. The summed E-state index contributed by atoms with van der Waals surface area (Å²) < 4.78 is 5.26. The molecule has 1 heterocycles. The molecular formula is C25H27ClN4O2. The number of anilines is 1. The average molecular weight is 451 g/mol. The maximum Gasteiger partial charge on any atom is 0.176 e. The van der Waals surface area contributed by atoms with Crippen molar-refractivity contribution in [3.63, 3.8) is 0 Å². The first-order chi connectivity index (χ1) is 15.4. The first kappa shape index (κ1) is 22.2. The minimum atomic E-state index is -0.0807. The maximum absolute atomic E-state index is 10.1. The molecule has 0 amide bonds. The van der Waals surface area contributed by atoms with Gasteiger partial charge in [-0.3, -0.25) is 4.98 Å². The monoisotopic (exact) mass is 450 g/mol. The van der Waals surface area contributed by atoms with Gasteiger partial charge >= 0.3 is 0 Å². The Morgan fingerprint density at radius 3 is 2.56 bits per heavy atom. The zero-order valence-electron chi connectivity index (χ0n) is 18.5. The molecule has 0 spiro atoms. The van der Waals surface area contributed by atoms with E-state index in [0.29, 0.717) is 23.4 Å². The average Bonchev–Trinajstić information content (AvgIpc) is 2.81. The second-order valence-electron chi connectivity index (χ2n) is 8.51. The second-order valence-corrected chi connectivity index (χ2v) is 8.92. The number of nitrogens with one attached hydrogen (secondary N) is 1. The number of halogens is 1. The van der Waals surface area contributed by atoms with Crippen LogP contribution in [0.2, 0.25) is 5.02 Å². The molecule has 2 aromatic carbocycles. The van der Waals surface area contributed by atoms with E-state index in [1.54, 1.807) is 18.3 Å². The number of fused-ring (bicyclic) bond motifs is 1. The Balaban J connectivity index is 1.73. The highest BCUT2D eigenvalue weighted by Gasteiger charge is 2.24. The van der Waals surface area contributed by atoms with E-state index in [1.165, 1.54) is 7.11 Å². The van der Waals surface area contributed by atoms with E-state index in [9.17, 15) is 10.4 Å². The first-order valence-electron chi connectivity index (χ1n) is 10.7. The predicted molar refractivity (Wildman–Crippen MR) is 128 cm³/mol. The molecule has 1 fully saturated rings. The summed E-state index contributed by atoms with van der Waals surface area (Å²) in [6.45, 7) is 0. The van der Waals surface area contributed by atoms with Gasteiger partial charge in [-0.05, 0) is 75.2 Å². The van der Waals surface area contributed by atoms with Gasteiger partial charge in [0.25, 0.3) is 0 Å². The van der Waals surface area contributed by atoms with Gasteiger partial charge < -0.3 is 20.1 Å². The molecule has 1 aliphatic rings. The Kier molecular flexibility index (Phi) is 6.40. The lowest BCUT2D eigenvalue weighted by Crippen LogP contribution is -2.36. The van der Waals surface area contributed by atoms with Crippen molar-refractivity contribution < 1.29 is 9.84 Å². The van der Waals surface area contributed by atoms with Crippen LogP contribution in [0.1, 0.15) is 31.2 Å². The molecule has 2 N–H and O–H groups in total. The van der Waals surface area contributed by atoms with E-state index < -0.39 is 0 Å². The number of rotatable bonds is 5. The van der Waals surface area contributed by atoms with E-state index in [0.717, 1.165) is 53.4 Å². The fraction of sp³-hybridized carbons (Fsp3) is 0.360. The Morgan fingerprint density at radius 1 is 1.16 bits per heavy atom. The van der Waals surface area contributed by atoms with Gasteiger partial charge in [0, 0.05) is 23.7 Å². The third-order valence-corrected chi connectivity index (χ3v) is 6.63. The van der Waals surface area contributed by atoms with E-state index >= 15 is 0 Å². The zero-order valence-corrected chi connectivity index (χ0v) is 19.3. The molecule has 0 atom stereocenters. The summed E-state index contributed by atoms with van der Waals surface area (Å²) >= 11 is 6.21. The van der Waals surface area contributed by atoms with Crippen LogP contribution in [0.25, 0.3) is 22.0 Å². The molecule has 0 bridgehead atoms. The topological polar surface area (TPSA) is 81.4 Å². The third kappa shape index (κ3) is 4.32. The van der Waals surface area contributed by atoms with Gasteiger partial charge in [0.05, 0.1) is 28.9 Å². The van der Waals surface area contributed by atoms with Gasteiger partial charge in [0.2, 0.25) is 0 Å². The number of phenols is 1. The Bertz CT molecular complexity index is 1180. The van der Waals surface area contributed by atoms with Crippen molar-refractivity contribution in [3.8, 4) is 28.7 Å². The molecule has 0 radical (unpaired) electrons. The van der Waals surface area contributed by atoms with Crippen LogP contribution < -0.4 is 10.1 Å². The number of hydrogen-bond donors (Lipinski definition) is 2. The van der Waals surface area contributed by atoms with Crippen molar-refractivity contribution in [2.24, 2.45) is 0 Å². The SMILES string of the molecule is COc1cc(-c2ccc3ncc(C#N)c(N[C@H]4CC[C@H](N(C)C)CC4)c3c2)cc(Cl)c1O. The summed E-state index contributed by atoms with van der Waals surface area (Å²) in [4.78, 5) is 6.77. The zero-order chi connectivity index (χ0) is 22.8. The molecule has 6 nitrogen and oxygen atoms in total. The molecule has 0 saturated heterocycles. The van der Waals surface area contributed by atoms with E-state index in [4.69, 9.17) is 16.3 Å². The number of hydrogen-bond acceptors (Lipinski definition) is 6. The van der Waals surface area contributed by atoms with Crippen LogP contribution in [-0.4, -0.2) is 48.3 Å². The Morgan fingerprint density at radius 2 is 1.91 bits per heavy atom. The van der Waals surface area contributed by atoms with Crippen molar-refractivity contribution >= 4 is 28.2 Å². The number of pyridine rings is 1. The minimum absolute atomic E-state index is 0.0807. The minimum Gasteiger partial charge on any atom is -0.503 e. The molecule has 166 valence electrons. The van der Waals surface area contributed by atoms with Crippen LogP contribution in [0.3, 0.4) is 0 Å². The largest absolute Gasteiger partial charge is 0.503 e. The lowest BCUT2D eigenvalue weighted by Gasteiger charge is -2.33. The molecule has 32 heavy (non-hydrogen) atoms. The normalized spacial score (nSPS) is 18.5. The summed E-state index contributed by atoms with van der Waals surface area (Å²) in [5, 5.41) is 24.6. The molecule has 1 aliphatic carbocycles. The molecule has 1 saturated carbocycles. The first-order valence-corrected chi connectivity index (χ1v) is 11.1. The molecular weight excluding hydrogens is 424 g/mol. The molecule has 0 unspecified atom stereocenters. The smallest absolute Gasteiger partial charge is 0.176 e. The highest BCUT2D eigenvalue weighted by Crippen LogP contribution is 2.40. The van der Waals surface area contributed by atoms with Gasteiger partial charge in [0.15, 0.2) is 11.5 Å². The quantitative estimate of drug-likeness (QED) is 0.539. The number of ether oxygens (including phenoxy) is 1. The molecule has 4 rings (SSSR count). The second kappa shape index (κ2) is 9.23. The Hall–Kier alpha value is -3.01. The van der Waals surface area contributed by atoms with Gasteiger partial charge in [-0.1, -0.05) is 17.7 Å². The molecule has 0 aliphatic heterocycles. The van der Waals surface area contributed by atoms with Crippen LogP contribution in [0.4, 0.5) is 5.69 Å². The number of nitrogens with zero attached hydrogens (tertiary/aromatic N) is 3. The van der Waals surface area contributed by atoms with E-state index in [1.807, 2.05) is 18.2 Å². The van der Waals surface area contributed by atoms with Crippen LogP contribution in [-0.2, 0) is 0 Å². The van der Waals surface area contributed by atoms with Gasteiger partial charge in [-0.2, -0.15) is 5.26 Å². The van der Waals surface area contributed by atoms with Crippen molar-refractivity contribution in [1.82, 2.24) is 9.88 Å². The number of phenolic OH excluding ortho intramolecular Hbond substituents is 1. The van der Waals surface area contributed by atoms with E-state index in [-0.39, 0.29) is 10.8 Å². The predicted octanol–water partition coefficient (Wildman–Crippen LogP) is 5.43. The summed E-state index contributed by atoms with van der Waals surface area (Å²) in [6, 6.07) is 12.6. The third-order valence-electron chi connectivity index (χ3n) is 6.35. The van der Waals surface area contributed by atoms with Crippen LogP contribution in [0.15, 0.2) is 36.5 Å². The molecule has 7 heteroatoms. The van der Waals surface area contributed by atoms with Gasteiger partial charge in [-0.25, -0.2) is 0 Å². The van der Waals surface area contributed by atoms with Crippen LogP contribution in [0, 0.1) is 11.3 Å². The van der Waals surface area contributed by atoms with Crippen molar-refractivity contribution in [1.29, 1.82) is 5.26 Å². The van der Waals surface area contributed by atoms with Crippen molar-refractivity contribution in [2.45, 2.75) is 37.8 Å². The summed E-state index contributed by atoms with van der Waals surface area (Å²) in [6.07, 6.45) is 6.01. The van der Waals surface area contributed by atoms with Crippen molar-refractivity contribution in [3.05, 3.63) is 47.1 Å². The van der Waals surface area contributed by atoms with Gasteiger partial charge in [-0.15, -0.1) is 0 Å². The number of benzene rings is 2. The lowest BCUT2D eigenvalue weighted by atomic mass is 9.90. The number of aromatic hydroxyl groups is 1. The Labute approximate surface area is 193 Å². The highest BCUT2D eigenvalue weighted by molar-refractivity contribution is 6.32. The van der Waals surface area contributed by atoms with Crippen LogP contribution >= 0.6 is 11.6 Å². The maximum atomic E-state index is 10.1. The van der Waals surface area contributed by atoms with Gasteiger partial charge in [0.1, 0.15) is 6.07 Å². The number of aromatic nitrogens is 1. The number of nitriles is 1. The summed E-state index contributed by atoms with van der Waals surface area (Å²) in [5.74, 6) is 0.232. The highest BCUT2D eigenvalue weighted by atomic mass is 35.5. The molecule has 1 aromatic heterocycles. The van der Waals surface area contributed by atoms with Crippen LogP contribution in [0.5, 0.6) is 11.5 Å². The summed E-state index contributed by atoms with van der Waals surface area (Å²) in [7, 11) is 5.76. The number of methoxy groups -OCH3 is 1. The fourth-order valence-corrected chi connectivity index (χ4v) is 4.66. The standard InChI is InChI=1S/C25H27ClN4O2/c1-30(2)19-7-5-18(6-8-19)29-24-17(13-27)14-28-22-9-4-15(10-20(22)24)16-11-21(26)25(31)23(12-16)32-3/h4,9-12,14,18-19,31H,5-8H2,1-3H3,(H,28,29)/t18-,19-.